The minimum Gasteiger partial charge on any atom is -0.251 e. The van der Waals surface area contributed by atoms with E-state index in [9.17, 15) is 9.65 Å². The molecule has 0 fully saturated rings. The van der Waals surface area contributed by atoms with Gasteiger partial charge in [-0.25, -0.2) is 0 Å². The monoisotopic (exact) mass is 245 g/mol. The Labute approximate surface area is 109 Å². The Kier molecular flexibility index (Phi) is 4.36. The fraction of sp³-hybridized carbons (Fsp3) is 0.562. The number of rotatable bonds is 5. The van der Waals surface area contributed by atoms with Crippen LogP contribution in [0, 0.1) is 16.7 Å². The van der Waals surface area contributed by atoms with E-state index >= 15 is 0 Å². The van der Waals surface area contributed by atoms with E-state index in [0.29, 0.717) is 6.42 Å². The molecule has 2 heteroatoms. The lowest BCUT2D eigenvalue weighted by molar-refractivity contribution is 0.300. The van der Waals surface area contributed by atoms with E-state index in [1.54, 1.807) is 0 Å². The average molecular weight is 245 g/mol. The van der Waals surface area contributed by atoms with Crippen LogP contribution in [-0.2, 0) is 12.8 Å². The quantitative estimate of drug-likeness (QED) is 0.713. The summed E-state index contributed by atoms with van der Waals surface area (Å²) in [6.45, 7) is -0.234. The highest BCUT2D eigenvalue weighted by molar-refractivity contribution is 5.32. The number of hydrogen-bond acceptors (Lipinski definition) is 1. The zero-order chi connectivity index (χ0) is 12.8. The number of unbranched alkanes of at least 4 members (excludes halogenated alkanes) is 2. The summed E-state index contributed by atoms with van der Waals surface area (Å²) < 4.78 is 12.1. The molecular formula is C16H20FN. The SMILES string of the molecule is N#CC1(CCCCCF)CCc2ccccc2C1. The van der Waals surface area contributed by atoms with Gasteiger partial charge in [0, 0.05) is 0 Å². The first kappa shape index (κ1) is 13.1. The van der Waals surface area contributed by atoms with Crippen molar-refractivity contribution < 1.29 is 4.39 Å². The standard InChI is InChI=1S/C16H20FN/c17-11-5-1-4-9-16(13-18)10-8-14-6-2-3-7-15(14)12-16/h2-3,6-7H,1,4-5,8-12H2. The number of halogens is 1. The van der Waals surface area contributed by atoms with Crippen molar-refractivity contribution in [3.05, 3.63) is 35.4 Å². The first-order valence-electron chi connectivity index (χ1n) is 6.84. The summed E-state index contributed by atoms with van der Waals surface area (Å²) in [5, 5.41) is 9.50. The summed E-state index contributed by atoms with van der Waals surface area (Å²) in [5.74, 6) is 0. The molecule has 1 nitrogen and oxygen atoms in total. The molecular weight excluding hydrogens is 225 g/mol. The van der Waals surface area contributed by atoms with Gasteiger partial charge in [-0.2, -0.15) is 5.26 Å². The molecule has 1 unspecified atom stereocenters. The second kappa shape index (κ2) is 6.00. The van der Waals surface area contributed by atoms with Gasteiger partial charge in [0.1, 0.15) is 0 Å². The van der Waals surface area contributed by atoms with Crippen molar-refractivity contribution in [1.29, 1.82) is 5.26 Å². The molecule has 0 heterocycles. The van der Waals surface area contributed by atoms with E-state index in [-0.39, 0.29) is 12.1 Å². The maximum atomic E-state index is 12.1. The molecule has 0 bridgehead atoms. The zero-order valence-electron chi connectivity index (χ0n) is 10.8. The Morgan fingerprint density at radius 3 is 2.67 bits per heavy atom. The van der Waals surface area contributed by atoms with Crippen molar-refractivity contribution >= 4 is 0 Å². The smallest absolute Gasteiger partial charge is 0.0894 e. The first-order chi connectivity index (χ1) is 8.79. The van der Waals surface area contributed by atoms with Gasteiger partial charge < -0.3 is 0 Å². The summed E-state index contributed by atoms with van der Waals surface area (Å²) in [6.07, 6.45) is 6.26. The lowest BCUT2D eigenvalue weighted by atomic mass is 9.70. The molecule has 0 spiro atoms. The molecule has 1 aliphatic carbocycles. The van der Waals surface area contributed by atoms with E-state index in [4.69, 9.17) is 0 Å². The fourth-order valence-corrected chi connectivity index (χ4v) is 2.90. The molecule has 1 aromatic rings. The van der Waals surface area contributed by atoms with Crippen LogP contribution in [-0.4, -0.2) is 6.67 Å². The number of nitriles is 1. The number of fused-ring (bicyclic) bond motifs is 1. The fourth-order valence-electron chi connectivity index (χ4n) is 2.90. The van der Waals surface area contributed by atoms with Gasteiger partial charge in [0.05, 0.1) is 18.2 Å². The lowest BCUT2D eigenvalue weighted by Crippen LogP contribution is -2.27. The number of hydrogen-bond donors (Lipinski definition) is 0. The third kappa shape index (κ3) is 2.90. The van der Waals surface area contributed by atoms with Gasteiger partial charge in [0.15, 0.2) is 0 Å². The van der Waals surface area contributed by atoms with Gasteiger partial charge in [-0.3, -0.25) is 4.39 Å². The molecule has 1 aliphatic rings. The molecule has 96 valence electrons. The summed E-state index contributed by atoms with van der Waals surface area (Å²) in [6, 6.07) is 11.0. The predicted octanol–water partition coefficient (Wildman–Crippen LogP) is 4.22. The third-order valence-electron chi connectivity index (χ3n) is 4.05. The number of alkyl halides is 1. The first-order valence-corrected chi connectivity index (χ1v) is 6.84. The van der Waals surface area contributed by atoms with Crippen molar-refractivity contribution in [3.63, 3.8) is 0 Å². The van der Waals surface area contributed by atoms with E-state index in [1.165, 1.54) is 11.1 Å². The Hall–Kier alpha value is -1.36. The molecule has 0 N–H and O–H groups in total. The van der Waals surface area contributed by atoms with Crippen LogP contribution >= 0.6 is 0 Å². The summed E-state index contributed by atoms with van der Waals surface area (Å²) in [5.41, 5.74) is 2.52. The predicted molar refractivity (Wildman–Crippen MR) is 71.0 cm³/mol. The van der Waals surface area contributed by atoms with E-state index in [0.717, 1.165) is 38.5 Å². The zero-order valence-corrected chi connectivity index (χ0v) is 10.8. The molecule has 0 aromatic heterocycles. The van der Waals surface area contributed by atoms with Crippen molar-refractivity contribution in [2.45, 2.75) is 44.9 Å². The molecule has 1 atom stereocenters. The summed E-state index contributed by atoms with van der Waals surface area (Å²) in [7, 11) is 0. The molecule has 18 heavy (non-hydrogen) atoms. The molecule has 0 amide bonds. The van der Waals surface area contributed by atoms with Crippen LogP contribution in [0.5, 0.6) is 0 Å². The van der Waals surface area contributed by atoms with Crippen LogP contribution < -0.4 is 0 Å². The normalized spacial score (nSPS) is 22.2. The van der Waals surface area contributed by atoms with Crippen LogP contribution in [0.15, 0.2) is 24.3 Å². The molecule has 0 aliphatic heterocycles. The topological polar surface area (TPSA) is 23.8 Å². The highest BCUT2D eigenvalue weighted by Crippen LogP contribution is 2.39. The largest absolute Gasteiger partial charge is 0.251 e. The van der Waals surface area contributed by atoms with Gasteiger partial charge in [0.25, 0.3) is 0 Å². The Bertz CT molecular complexity index is 435. The maximum Gasteiger partial charge on any atom is 0.0894 e. The Morgan fingerprint density at radius 1 is 1.17 bits per heavy atom. The van der Waals surface area contributed by atoms with Crippen LogP contribution in [0.4, 0.5) is 4.39 Å². The van der Waals surface area contributed by atoms with E-state index in [1.807, 2.05) is 0 Å². The van der Waals surface area contributed by atoms with Gasteiger partial charge in [-0.1, -0.05) is 37.1 Å². The van der Waals surface area contributed by atoms with Crippen LogP contribution in [0.2, 0.25) is 0 Å². The molecule has 2 rings (SSSR count). The minimum atomic E-state index is -0.234. The second-order valence-electron chi connectivity index (χ2n) is 5.34. The van der Waals surface area contributed by atoms with Gasteiger partial charge >= 0.3 is 0 Å². The van der Waals surface area contributed by atoms with Crippen molar-refractivity contribution in [3.8, 4) is 6.07 Å². The van der Waals surface area contributed by atoms with Crippen molar-refractivity contribution in [1.82, 2.24) is 0 Å². The van der Waals surface area contributed by atoms with Crippen molar-refractivity contribution in [2.24, 2.45) is 5.41 Å². The second-order valence-corrected chi connectivity index (χ2v) is 5.34. The van der Waals surface area contributed by atoms with Crippen molar-refractivity contribution in [2.75, 3.05) is 6.67 Å². The van der Waals surface area contributed by atoms with Crippen LogP contribution in [0.1, 0.15) is 43.2 Å². The maximum absolute atomic E-state index is 12.1. The highest BCUT2D eigenvalue weighted by Gasteiger charge is 2.33. The minimum absolute atomic E-state index is 0.204. The lowest BCUT2D eigenvalue weighted by Gasteiger charge is -2.32. The number of benzene rings is 1. The molecule has 0 radical (unpaired) electrons. The van der Waals surface area contributed by atoms with E-state index < -0.39 is 0 Å². The third-order valence-corrected chi connectivity index (χ3v) is 4.05. The Balaban J connectivity index is 2.01. The number of nitrogens with zero attached hydrogens (tertiary/aromatic N) is 1. The van der Waals surface area contributed by atoms with Gasteiger partial charge in [0.2, 0.25) is 0 Å². The molecule has 0 saturated heterocycles. The van der Waals surface area contributed by atoms with Gasteiger partial charge in [-0.15, -0.1) is 0 Å². The van der Waals surface area contributed by atoms with Crippen LogP contribution in [0.3, 0.4) is 0 Å². The highest BCUT2D eigenvalue weighted by atomic mass is 19.1. The molecule has 1 aromatic carbocycles. The van der Waals surface area contributed by atoms with Crippen LogP contribution in [0.25, 0.3) is 0 Å². The summed E-state index contributed by atoms with van der Waals surface area (Å²) in [4.78, 5) is 0. The Morgan fingerprint density at radius 2 is 1.94 bits per heavy atom. The molecule has 0 saturated carbocycles. The summed E-state index contributed by atoms with van der Waals surface area (Å²) >= 11 is 0. The number of aryl methyl sites for hydroxylation is 1. The average Bonchev–Trinajstić information content (AvgIpc) is 2.43. The van der Waals surface area contributed by atoms with E-state index in [2.05, 4.69) is 30.3 Å². The van der Waals surface area contributed by atoms with Gasteiger partial charge in [-0.05, 0) is 43.2 Å².